The minimum atomic E-state index is -0.544. The number of amides is 2. The van der Waals surface area contributed by atoms with Crippen LogP contribution < -0.4 is 25.1 Å². The highest BCUT2D eigenvalue weighted by Crippen LogP contribution is 2.38. The Kier molecular flexibility index (Phi) is 8.07. The van der Waals surface area contributed by atoms with Crippen molar-refractivity contribution in [3.63, 3.8) is 0 Å². The molecule has 0 spiro atoms. The number of rotatable bonds is 9. The van der Waals surface area contributed by atoms with Gasteiger partial charge in [-0.3, -0.25) is 20.4 Å². The van der Waals surface area contributed by atoms with E-state index in [2.05, 4.69) is 34.8 Å². The molecular weight excluding hydrogens is 440 g/mol. The Balaban J connectivity index is 1.54. The lowest BCUT2D eigenvalue weighted by Gasteiger charge is -2.14. The van der Waals surface area contributed by atoms with Crippen LogP contribution >= 0.6 is 0 Å². The van der Waals surface area contributed by atoms with E-state index in [4.69, 9.17) is 18.7 Å². The summed E-state index contributed by atoms with van der Waals surface area (Å²) in [7, 11) is 4.37. The van der Waals surface area contributed by atoms with Gasteiger partial charge in [0.05, 0.1) is 21.3 Å². The van der Waals surface area contributed by atoms with Crippen molar-refractivity contribution >= 4 is 11.8 Å². The average molecular weight is 469 g/mol. The highest BCUT2D eigenvalue weighted by Gasteiger charge is 2.18. The third-order valence-electron chi connectivity index (χ3n) is 5.11. The number of hydrogen-bond acceptors (Lipinski definition) is 8. The Hall–Kier alpha value is -4.08. The van der Waals surface area contributed by atoms with Crippen molar-refractivity contribution in [2.24, 2.45) is 0 Å². The lowest BCUT2D eigenvalue weighted by Crippen LogP contribution is -2.41. The molecule has 0 saturated carbocycles. The molecule has 3 rings (SSSR count). The zero-order chi connectivity index (χ0) is 24.7. The molecule has 0 bridgehead atoms. The van der Waals surface area contributed by atoms with Crippen molar-refractivity contribution < 1.29 is 28.3 Å². The molecule has 2 aromatic carbocycles. The van der Waals surface area contributed by atoms with Crippen molar-refractivity contribution in [3.8, 4) is 28.6 Å². The first-order valence-corrected chi connectivity index (χ1v) is 10.7. The Morgan fingerprint density at radius 1 is 0.971 bits per heavy atom. The molecule has 0 aliphatic heterocycles. The average Bonchev–Trinajstić information content (AvgIpc) is 3.34. The summed E-state index contributed by atoms with van der Waals surface area (Å²) in [4.78, 5) is 29.0. The van der Waals surface area contributed by atoms with E-state index in [1.54, 1.807) is 0 Å². The minimum absolute atomic E-state index is 0.0451. The van der Waals surface area contributed by atoms with Crippen molar-refractivity contribution in [1.29, 1.82) is 0 Å². The zero-order valence-electron chi connectivity index (χ0n) is 19.8. The fraction of sp³-hybridized carbons (Fsp3) is 0.333. The van der Waals surface area contributed by atoms with Crippen molar-refractivity contribution in [3.05, 3.63) is 53.4 Å². The van der Waals surface area contributed by atoms with E-state index in [-0.39, 0.29) is 18.4 Å². The number of hydrogen-bond donors (Lipinski definition) is 2. The zero-order valence-corrected chi connectivity index (χ0v) is 19.8. The summed E-state index contributed by atoms with van der Waals surface area (Å²) < 4.78 is 21.0. The summed E-state index contributed by atoms with van der Waals surface area (Å²) in [5.74, 6) is 1.27. The normalized spacial score (nSPS) is 10.6. The quantitative estimate of drug-likeness (QED) is 0.459. The maximum atomic E-state index is 12.5. The van der Waals surface area contributed by atoms with Gasteiger partial charge in [0.25, 0.3) is 5.91 Å². The topological polar surface area (TPSA) is 125 Å². The second-order valence-corrected chi connectivity index (χ2v) is 7.70. The van der Waals surface area contributed by atoms with Crippen LogP contribution in [0.3, 0.4) is 0 Å². The van der Waals surface area contributed by atoms with E-state index in [1.165, 1.54) is 39.0 Å². The van der Waals surface area contributed by atoms with E-state index >= 15 is 0 Å². The van der Waals surface area contributed by atoms with Gasteiger partial charge in [-0.15, -0.1) is 0 Å². The molecule has 2 N–H and O–H groups in total. The smallest absolute Gasteiger partial charge is 0.269 e. The molecule has 1 aromatic heterocycles. The number of benzene rings is 2. The summed E-state index contributed by atoms with van der Waals surface area (Å²) in [6.07, 6.45) is 0.270. The molecule has 0 radical (unpaired) electrons. The molecule has 10 nitrogen and oxygen atoms in total. The number of hydrazine groups is 1. The molecular formula is C24H28N4O6. The highest BCUT2D eigenvalue weighted by atomic mass is 16.5. The van der Waals surface area contributed by atoms with E-state index < -0.39 is 11.8 Å². The van der Waals surface area contributed by atoms with Gasteiger partial charge in [-0.1, -0.05) is 43.3 Å². The molecule has 2 amide bonds. The maximum Gasteiger partial charge on any atom is 0.269 e. The van der Waals surface area contributed by atoms with E-state index in [0.717, 1.165) is 5.56 Å². The molecule has 1 heterocycles. The lowest BCUT2D eigenvalue weighted by molar-refractivity contribution is -0.121. The molecule has 34 heavy (non-hydrogen) atoms. The summed E-state index contributed by atoms with van der Waals surface area (Å²) in [5, 5.41) is 3.98. The molecule has 10 heteroatoms. The summed E-state index contributed by atoms with van der Waals surface area (Å²) in [5.41, 5.74) is 7.01. The summed E-state index contributed by atoms with van der Waals surface area (Å²) >= 11 is 0. The Bertz CT molecular complexity index is 1120. The third kappa shape index (κ3) is 5.83. The van der Waals surface area contributed by atoms with E-state index in [0.29, 0.717) is 34.9 Å². The molecule has 0 atom stereocenters. The second kappa shape index (κ2) is 11.2. The Labute approximate surface area is 197 Å². The largest absolute Gasteiger partial charge is 0.493 e. The van der Waals surface area contributed by atoms with Gasteiger partial charge in [0.2, 0.25) is 23.4 Å². The van der Waals surface area contributed by atoms with Gasteiger partial charge in [-0.25, -0.2) is 0 Å². The van der Waals surface area contributed by atoms with Crippen LogP contribution in [0.5, 0.6) is 17.2 Å². The van der Waals surface area contributed by atoms with Crippen LogP contribution in [0.25, 0.3) is 11.4 Å². The standard InChI is InChI=1S/C24H28N4O6/c1-14(2)15-6-8-16(9-7-15)23-25-21(34-28-23)11-10-20(29)26-27-24(30)17-12-18(31-3)22(33-5)19(13-17)32-4/h6-9,12-14H,10-11H2,1-5H3,(H,26,29)(H,27,30). The van der Waals surface area contributed by atoms with Crippen LogP contribution in [0.2, 0.25) is 0 Å². The van der Waals surface area contributed by atoms with Gasteiger partial charge < -0.3 is 18.7 Å². The van der Waals surface area contributed by atoms with Gasteiger partial charge in [0.1, 0.15) is 0 Å². The number of methoxy groups -OCH3 is 3. The molecule has 0 saturated heterocycles. The van der Waals surface area contributed by atoms with E-state index in [9.17, 15) is 9.59 Å². The van der Waals surface area contributed by atoms with Gasteiger partial charge in [0.15, 0.2) is 11.5 Å². The van der Waals surface area contributed by atoms with Crippen molar-refractivity contribution in [1.82, 2.24) is 21.0 Å². The van der Waals surface area contributed by atoms with Crippen LogP contribution in [0, 0.1) is 0 Å². The summed E-state index contributed by atoms with van der Waals surface area (Å²) in [6, 6.07) is 10.9. The first-order valence-electron chi connectivity index (χ1n) is 10.7. The van der Waals surface area contributed by atoms with Crippen LogP contribution in [0.1, 0.15) is 48.0 Å². The van der Waals surface area contributed by atoms with Gasteiger partial charge in [-0.05, 0) is 23.6 Å². The van der Waals surface area contributed by atoms with Gasteiger partial charge >= 0.3 is 0 Å². The molecule has 0 aliphatic rings. The van der Waals surface area contributed by atoms with Crippen LogP contribution in [0.4, 0.5) is 0 Å². The fourth-order valence-electron chi connectivity index (χ4n) is 3.18. The van der Waals surface area contributed by atoms with Crippen molar-refractivity contribution in [2.45, 2.75) is 32.6 Å². The van der Waals surface area contributed by atoms with E-state index in [1.807, 2.05) is 24.3 Å². The van der Waals surface area contributed by atoms with Crippen molar-refractivity contribution in [2.75, 3.05) is 21.3 Å². The first kappa shape index (κ1) is 24.6. The molecule has 180 valence electrons. The Morgan fingerprint density at radius 3 is 2.18 bits per heavy atom. The Morgan fingerprint density at radius 2 is 1.62 bits per heavy atom. The highest BCUT2D eigenvalue weighted by molar-refractivity contribution is 5.96. The molecule has 3 aromatic rings. The maximum absolute atomic E-state index is 12.5. The number of aryl methyl sites for hydroxylation is 1. The fourth-order valence-corrected chi connectivity index (χ4v) is 3.18. The minimum Gasteiger partial charge on any atom is -0.493 e. The predicted octanol–water partition coefficient (Wildman–Crippen LogP) is 3.28. The van der Waals surface area contributed by atoms with Crippen LogP contribution in [-0.2, 0) is 11.2 Å². The predicted molar refractivity (Wildman–Crippen MR) is 124 cm³/mol. The number of nitrogens with one attached hydrogen (secondary N) is 2. The first-order chi connectivity index (χ1) is 16.4. The second-order valence-electron chi connectivity index (χ2n) is 7.70. The lowest BCUT2D eigenvalue weighted by atomic mass is 10.0. The molecule has 0 fully saturated rings. The number of nitrogens with zero attached hydrogens (tertiary/aromatic N) is 2. The number of carbonyl (C=O) groups is 2. The van der Waals surface area contributed by atoms with Gasteiger partial charge in [0, 0.05) is 24.0 Å². The number of aromatic nitrogens is 2. The molecule has 0 aliphatic carbocycles. The van der Waals surface area contributed by atoms with Crippen LogP contribution in [0.15, 0.2) is 40.9 Å². The molecule has 0 unspecified atom stereocenters. The monoisotopic (exact) mass is 468 g/mol. The third-order valence-corrected chi connectivity index (χ3v) is 5.11. The van der Waals surface area contributed by atoms with Crippen LogP contribution in [-0.4, -0.2) is 43.3 Å². The van der Waals surface area contributed by atoms with Gasteiger partial charge in [-0.2, -0.15) is 4.98 Å². The summed E-state index contributed by atoms with van der Waals surface area (Å²) in [6.45, 7) is 4.25. The number of carbonyl (C=O) groups excluding carboxylic acids is 2. The number of ether oxygens (including phenoxy) is 3. The SMILES string of the molecule is COc1cc(C(=O)NNC(=O)CCc2nc(-c3ccc(C(C)C)cc3)no2)cc(OC)c1OC.